The molecular formula is C12H17N5O. The van der Waals surface area contributed by atoms with E-state index in [2.05, 4.69) is 15.4 Å². The summed E-state index contributed by atoms with van der Waals surface area (Å²) in [5.74, 6) is 1.32. The van der Waals surface area contributed by atoms with Crippen molar-refractivity contribution in [3.8, 4) is 5.75 Å². The van der Waals surface area contributed by atoms with E-state index in [0.717, 1.165) is 16.9 Å². The molecule has 0 aliphatic rings. The van der Waals surface area contributed by atoms with Crippen LogP contribution in [0.25, 0.3) is 0 Å². The van der Waals surface area contributed by atoms with Crippen molar-refractivity contribution in [2.45, 2.75) is 26.5 Å². The zero-order valence-electron chi connectivity index (χ0n) is 10.8. The molecule has 1 aromatic heterocycles. The lowest BCUT2D eigenvalue weighted by atomic mass is 10.1. The van der Waals surface area contributed by atoms with Gasteiger partial charge in [-0.3, -0.25) is 0 Å². The third-order valence-corrected chi connectivity index (χ3v) is 2.56. The summed E-state index contributed by atoms with van der Waals surface area (Å²) < 4.78 is 5.69. The largest absolute Gasteiger partial charge is 0.485 e. The van der Waals surface area contributed by atoms with E-state index in [4.69, 9.17) is 10.5 Å². The van der Waals surface area contributed by atoms with Crippen LogP contribution in [0.4, 0.5) is 0 Å². The average molecular weight is 247 g/mol. The van der Waals surface area contributed by atoms with E-state index < -0.39 is 0 Å². The summed E-state index contributed by atoms with van der Waals surface area (Å²) >= 11 is 0. The molecule has 18 heavy (non-hydrogen) atoms. The molecule has 0 amide bonds. The maximum Gasteiger partial charge on any atom is 0.212 e. The van der Waals surface area contributed by atoms with Crippen molar-refractivity contribution in [3.63, 3.8) is 0 Å². The van der Waals surface area contributed by atoms with Crippen LogP contribution in [0.2, 0.25) is 0 Å². The van der Waals surface area contributed by atoms with E-state index in [1.54, 1.807) is 7.05 Å². The summed E-state index contributed by atoms with van der Waals surface area (Å²) in [6, 6.07) is 5.87. The van der Waals surface area contributed by atoms with Gasteiger partial charge in [-0.15, -0.1) is 10.2 Å². The first-order chi connectivity index (χ1) is 8.56. The molecule has 0 spiro atoms. The van der Waals surface area contributed by atoms with E-state index in [0.29, 0.717) is 5.82 Å². The summed E-state index contributed by atoms with van der Waals surface area (Å²) in [6.07, 6.45) is 0. The lowest BCUT2D eigenvalue weighted by molar-refractivity contribution is 0.291. The Morgan fingerprint density at radius 3 is 2.83 bits per heavy atom. The third-order valence-electron chi connectivity index (χ3n) is 2.56. The zero-order valence-corrected chi connectivity index (χ0v) is 10.8. The van der Waals surface area contributed by atoms with Gasteiger partial charge >= 0.3 is 0 Å². The number of ether oxygens (including phenoxy) is 1. The highest BCUT2D eigenvalue weighted by atomic mass is 16.5. The quantitative estimate of drug-likeness (QED) is 0.875. The van der Waals surface area contributed by atoms with Gasteiger partial charge < -0.3 is 10.5 Å². The molecule has 96 valence electrons. The molecular weight excluding hydrogens is 230 g/mol. The minimum absolute atomic E-state index is 0.0743. The molecule has 1 heterocycles. The van der Waals surface area contributed by atoms with Gasteiger partial charge in [-0.1, -0.05) is 17.7 Å². The van der Waals surface area contributed by atoms with Crippen LogP contribution in [0.15, 0.2) is 18.2 Å². The highest BCUT2D eigenvalue weighted by Gasteiger charge is 2.10. The van der Waals surface area contributed by atoms with E-state index in [9.17, 15) is 0 Å². The fraction of sp³-hybridized carbons (Fsp3) is 0.417. The van der Waals surface area contributed by atoms with Crippen LogP contribution in [-0.4, -0.2) is 20.2 Å². The smallest absolute Gasteiger partial charge is 0.212 e. The van der Waals surface area contributed by atoms with E-state index in [1.165, 1.54) is 4.80 Å². The van der Waals surface area contributed by atoms with Crippen molar-refractivity contribution >= 4 is 0 Å². The Kier molecular flexibility index (Phi) is 3.57. The molecule has 1 atom stereocenters. The van der Waals surface area contributed by atoms with Gasteiger partial charge in [0.05, 0.1) is 7.05 Å². The van der Waals surface area contributed by atoms with Gasteiger partial charge in [0.25, 0.3) is 0 Å². The molecule has 0 fully saturated rings. The first kappa shape index (κ1) is 12.5. The summed E-state index contributed by atoms with van der Waals surface area (Å²) in [6.45, 7) is 4.25. The number of aryl methyl sites for hydroxylation is 2. The lowest BCUT2D eigenvalue weighted by Gasteiger charge is -2.13. The Morgan fingerprint density at radius 2 is 2.22 bits per heavy atom. The molecule has 0 unspecified atom stereocenters. The number of aromatic nitrogens is 4. The van der Waals surface area contributed by atoms with E-state index in [-0.39, 0.29) is 12.6 Å². The van der Waals surface area contributed by atoms with Crippen molar-refractivity contribution in [1.82, 2.24) is 20.2 Å². The zero-order chi connectivity index (χ0) is 13.1. The molecule has 0 radical (unpaired) electrons. The molecule has 0 aliphatic heterocycles. The van der Waals surface area contributed by atoms with Crippen LogP contribution in [0.5, 0.6) is 5.75 Å². The van der Waals surface area contributed by atoms with Crippen molar-refractivity contribution in [3.05, 3.63) is 35.2 Å². The number of hydrogen-bond acceptors (Lipinski definition) is 5. The van der Waals surface area contributed by atoms with E-state index >= 15 is 0 Å². The minimum Gasteiger partial charge on any atom is -0.485 e. The molecule has 0 saturated carbocycles. The SMILES string of the molecule is Cc1ccc(OCc2nnn(C)n2)c([C@@H](C)N)c1. The monoisotopic (exact) mass is 247 g/mol. The van der Waals surface area contributed by atoms with Crippen molar-refractivity contribution < 1.29 is 4.74 Å². The standard InChI is InChI=1S/C12H17N5O/c1-8-4-5-11(10(6-8)9(2)13)18-7-12-14-16-17(3)15-12/h4-6,9H,7,13H2,1-3H3/t9-/m1/s1. The van der Waals surface area contributed by atoms with Crippen molar-refractivity contribution in [2.75, 3.05) is 0 Å². The van der Waals surface area contributed by atoms with Crippen LogP contribution in [-0.2, 0) is 13.7 Å². The number of rotatable bonds is 4. The molecule has 6 nitrogen and oxygen atoms in total. The van der Waals surface area contributed by atoms with Gasteiger partial charge in [0.15, 0.2) is 6.61 Å². The topological polar surface area (TPSA) is 78.9 Å². The van der Waals surface area contributed by atoms with Gasteiger partial charge in [0.1, 0.15) is 5.75 Å². The lowest BCUT2D eigenvalue weighted by Crippen LogP contribution is -2.09. The second-order valence-electron chi connectivity index (χ2n) is 4.31. The number of hydrogen-bond donors (Lipinski definition) is 1. The van der Waals surface area contributed by atoms with Gasteiger partial charge in [-0.05, 0) is 25.1 Å². The molecule has 2 rings (SSSR count). The molecule has 6 heteroatoms. The average Bonchev–Trinajstić information content (AvgIpc) is 2.73. The fourth-order valence-corrected chi connectivity index (χ4v) is 1.68. The molecule has 0 bridgehead atoms. The molecule has 2 N–H and O–H groups in total. The number of nitrogens with zero attached hydrogens (tertiary/aromatic N) is 4. The van der Waals surface area contributed by atoms with Gasteiger partial charge in [-0.25, -0.2) is 0 Å². The van der Waals surface area contributed by atoms with Crippen LogP contribution >= 0.6 is 0 Å². The number of nitrogens with two attached hydrogens (primary N) is 1. The maximum absolute atomic E-state index is 5.93. The normalized spacial score (nSPS) is 12.4. The van der Waals surface area contributed by atoms with Crippen molar-refractivity contribution in [1.29, 1.82) is 0 Å². The predicted octanol–water partition coefficient (Wildman–Crippen LogP) is 1.12. The Labute approximate surface area is 106 Å². The van der Waals surface area contributed by atoms with Crippen LogP contribution in [0.1, 0.15) is 29.9 Å². The summed E-state index contributed by atoms with van der Waals surface area (Å²) in [5, 5.41) is 11.7. The second-order valence-corrected chi connectivity index (χ2v) is 4.31. The highest BCUT2D eigenvalue weighted by Crippen LogP contribution is 2.25. The van der Waals surface area contributed by atoms with Crippen LogP contribution in [0, 0.1) is 6.92 Å². The molecule has 0 saturated heterocycles. The molecule has 0 aliphatic carbocycles. The number of benzene rings is 1. The Balaban J connectivity index is 2.13. The van der Waals surface area contributed by atoms with E-state index in [1.807, 2.05) is 32.0 Å². The third kappa shape index (κ3) is 2.84. The maximum atomic E-state index is 5.93. The first-order valence-corrected chi connectivity index (χ1v) is 5.78. The first-order valence-electron chi connectivity index (χ1n) is 5.78. The highest BCUT2D eigenvalue weighted by molar-refractivity contribution is 5.38. The Hall–Kier alpha value is -1.95. The summed E-state index contributed by atoms with van der Waals surface area (Å²) in [5.41, 5.74) is 8.07. The molecule has 1 aromatic carbocycles. The summed E-state index contributed by atoms with van der Waals surface area (Å²) in [4.78, 5) is 1.40. The van der Waals surface area contributed by atoms with Gasteiger partial charge in [-0.2, -0.15) is 4.80 Å². The fourth-order valence-electron chi connectivity index (χ4n) is 1.68. The Bertz CT molecular complexity index is 535. The second kappa shape index (κ2) is 5.14. The Morgan fingerprint density at radius 1 is 1.44 bits per heavy atom. The number of tetrazole rings is 1. The van der Waals surface area contributed by atoms with Crippen LogP contribution in [0.3, 0.4) is 0 Å². The predicted molar refractivity (Wildman–Crippen MR) is 66.9 cm³/mol. The minimum atomic E-state index is -0.0743. The summed E-state index contributed by atoms with van der Waals surface area (Å²) in [7, 11) is 1.72. The van der Waals surface area contributed by atoms with Crippen LogP contribution < -0.4 is 10.5 Å². The van der Waals surface area contributed by atoms with Gasteiger partial charge in [0, 0.05) is 11.6 Å². The molecule has 2 aromatic rings. The van der Waals surface area contributed by atoms with Gasteiger partial charge in [0.2, 0.25) is 5.82 Å². The van der Waals surface area contributed by atoms with Crippen molar-refractivity contribution in [2.24, 2.45) is 12.8 Å².